The van der Waals surface area contributed by atoms with Crippen molar-refractivity contribution in [1.82, 2.24) is 9.97 Å². The molecule has 0 amide bonds. The van der Waals surface area contributed by atoms with Gasteiger partial charge in [-0.1, -0.05) is 47.7 Å². The highest BCUT2D eigenvalue weighted by Gasteiger charge is 2.15. The summed E-state index contributed by atoms with van der Waals surface area (Å²) in [5.41, 5.74) is 6.40. The highest BCUT2D eigenvalue weighted by Crippen LogP contribution is 2.28. The van der Waals surface area contributed by atoms with E-state index in [1.54, 1.807) is 6.33 Å². The summed E-state index contributed by atoms with van der Waals surface area (Å²) in [6, 6.07) is 6.47. The summed E-state index contributed by atoms with van der Waals surface area (Å²) >= 11 is 2.15. The number of halogens is 1. The van der Waals surface area contributed by atoms with E-state index in [-0.39, 0.29) is 0 Å². The summed E-state index contributed by atoms with van der Waals surface area (Å²) in [5.74, 6) is 0.353. The molecule has 2 aromatic rings. The number of nitrogens with zero attached hydrogens (tertiary/aromatic N) is 1. The first-order chi connectivity index (χ1) is 8.61. The molecule has 0 saturated heterocycles. The van der Waals surface area contributed by atoms with Crippen molar-refractivity contribution in [3.8, 4) is 0 Å². The van der Waals surface area contributed by atoms with Crippen LogP contribution in [0.25, 0.3) is 0 Å². The average Bonchev–Trinajstić information content (AvgIpc) is 2.81. The molecule has 3 heteroatoms. The molecule has 1 heterocycles. The number of imidazole rings is 1. The van der Waals surface area contributed by atoms with Crippen molar-refractivity contribution in [3.63, 3.8) is 0 Å². The molecule has 0 aliphatic heterocycles. The maximum Gasteiger partial charge on any atom is 0.0925 e. The van der Waals surface area contributed by atoms with Crippen molar-refractivity contribution in [2.75, 3.05) is 4.93 Å². The number of aromatic nitrogens is 2. The number of nitrogens with one attached hydrogen (secondary N) is 1. The van der Waals surface area contributed by atoms with Crippen molar-refractivity contribution in [2.24, 2.45) is 0 Å². The Hall–Kier alpha value is -0.840. The third-order valence-corrected chi connectivity index (χ3v) is 3.39. The van der Waals surface area contributed by atoms with Crippen molar-refractivity contribution in [1.29, 1.82) is 0 Å². The first kappa shape index (κ1) is 15.2. The van der Waals surface area contributed by atoms with Crippen LogP contribution in [-0.2, 0) is 0 Å². The molecule has 1 unspecified atom stereocenters. The summed E-state index contributed by atoms with van der Waals surface area (Å²) < 4.78 is 0. The number of hydrogen-bond donors (Lipinski definition) is 1. The zero-order valence-electron chi connectivity index (χ0n) is 11.7. The van der Waals surface area contributed by atoms with E-state index in [1.807, 2.05) is 4.93 Å². The van der Waals surface area contributed by atoms with Crippen LogP contribution in [0.3, 0.4) is 0 Å². The summed E-state index contributed by atoms with van der Waals surface area (Å²) in [6.07, 6.45) is 1.77. The fourth-order valence-corrected chi connectivity index (χ4v) is 2.20. The van der Waals surface area contributed by atoms with E-state index in [2.05, 4.69) is 78.5 Å². The monoisotopic (exact) mass is 356 g/mol. The number of alkyl halides is 1. The van der Waals surface area contributed by atoms with Gasteiger partial charge < -0.3 is 4.98 Å². The van der Waals surface area contributed by atoms with Crippen LogP contribution in [0.15, 0.2) is 24.5 Å². The van der Waals surface area contributed by atoms with Crippen molar-refractivity contribution < 1.29 is 0 Å². The SMILES string of the molecule is CI.Cc1cccc(C(C)c2nc[nH]c2C)c1C. The van der Waals surface area contributed by atoms with Crippen molar-refractivity contribution in [2.45, 2.75) is 33.6 Å². The first-order valence-corrected chi connectivity index (χ1v) is 8.20. The molecule has 0 fully saturated rings. The zero-order valence-corrected chi connectivity index (χ0v) is 13.9. The highest BCUT2D eigenvalue weighted by atomic mass is 127. The number of aromatic amines is 1. The molecule has 0 aliphatic carbocycles. The molecular weight excluding hydrogens is 335 g/mol. The van der Waals surface area contributed by atoms with Gasteiger partial charge >= 0.3 is 0 Å². The number of aryl methyl sites for hydroxylation is 2. The van der Waals surface area contributed by atoms with Gasteiger partial charge in [-0.15, -0.1) is 0 Å². The van der Waals surface area contributed by atoms with Gasteiger partial charge in [0.2, 0.25) is 0 Å². The molecule has 0 aliphatic rings. The lowest BCUT2D eigenvalue weighted by molar-refractivity contribution is 0.859. The Bertz CT molecular complexity index is 503. The van der Waals surface area contributed by atoms with E-state index >= 15 is 0 Å². The van der Waals surface area contributed by atoms with Gasteiger partial charge in [0.1, 0.15) is 0 Å². The molecule has 1 atom stereocenters. The lowest BCUT2D eigenvalue weighted by atomic mass is 9.91. The van der Waals surface area contributed by atoms with Crippen LogP contribution < -0.4 is 0 Å². The molecule has 18 heavy (non-hydrogen) atoms. The lowest BCUT2D eigenvalue weighted by Crippen LogP contribution is -2.02. The van der Waals surface area contributed by atoms with Gasteiger partial charge in [-0.25, -0.2) is 4.98 Å². The molecule has 1 aromatic heterocycles. The average molecular weight is 356 g/mol. The van der Waals surface area contributed by atoms with Crippen molar-refractivity contribution >= 4 is 22.6 Å². The lowest BCUT2D eigenvalue weighted by Gasteiger charge is -2.15. The van der Waals surface area contributed by atoms with Gasteiger partial charge in [0.05, 0.1) is 12.0 Å². The Morgan fingerprint density at radius 1 is 1.17 bits per heavy atom. The smallest absolute Gasteiger partial charge is 0.0925 e. The minimum atomic E-state index is 0.353. The largest absolute Gasteiger partial charge is 0.348 e. The minimum Gasteiger partial charge on any atom is -0.348 e. The van der Waals surface area contributed by atoms with Crippen LogP contribution in [-0.4, -0.2) is 14.9 Å². The number of benzene rings is 1. The third kappa shape index (κ3) is 3.13. The quantitative estimate of drug-likeness (QED) is 0.621. The van der Waals surface area contributed by atoms with Crippen LogP contribution in [0.2, 0.25) is 0 Å². The molecule has 98 valence electrons. The van der Waals surface area contributed by atoms with E-state index in [0.29, 0.717) is 5.92 Å². The van der Waals surface area contributed by atoms with Gasteiger partial charge in [-0.05, 0) is 42.4 Å². The summed E-state index contributed by atoms with van der Waals surface area (Å²) in [4.78, 5) is 9.52. The van der Waals surface area contributed by atoms with E-state index in [1.165, 1.54) is 16.7 Å². The predicted molar refractivity (Wildman–Crippen MR) is 86.7 cm³/mol. The molecule has 2 rings (SSSR count). The van der Waals surface area contributed by atoms with Crippen LogP contribution in [0, 0.1) is 20.8 Å². The summed E-state index contributed by atoms with van der Waals surface area (Å²) in [5, 5.41) is 0. The summed E-state index contributed by atoms with van der Waals surface area (Å²) in [7, 11) is 0. The van der Waals surface area contributed by atoms with Gasteiger partial charge in [0.25, 0.3) is 0 Å². The molecule has 0 bridgehead atoms. The molecule has 0 saturated carbocycles. The zero-order chi connectivity index (χ0) is 13.7. The van der Waals surface area contributed by atoms with Gasteiger partial charge in [-0.2, -0.15) is 0 Å². The Morgan fingerprint density at radius 2 is 1.83 bits per heavy atom. The fourth-order valence-electron chi connectivity index (χ4n) is 2.20. The van der Waals surface area contributed by atoms with Crippen LogP contribution in [0.4, 0.5) is 0 Å². The standard InChI is InChI=1S/C14H18N2.CH3I/c1-9-6-5-7-13(10(9)2)11(3)14-12(4)15-8-16-14;1-2/h5-8,11H,1-4H3,(H,15,16);1H3. The molecular formula is C15H21IN2. The molecule has 0 spiro atoms. The molecule has 1 aromatic carbocycles. The Balaban J connectivity index is 0.000000771. The normalized spacial score (nSPS) is 11.7. The van der Waals surface area contributed by atoms with E-state index in [4.69, 9.17) is 0 Å². The number of hydrogen-bond acceptors (Lipinski definition) is 1. The van der Waals surface area contributed by atoms with E-state index in [9.17, 15) is 0 Å². The molecule has 2 nitrogen and oxygen atoms in total. The topological polar surface area (TPSA) is 28.7 Å². The van der Waals surface area contributed by atoms with Gasteiger partial charge in [0.15, 0.2) is 0 Å². The Morgan fingerprint density at radius 3 is 2.39 bits per heavy atom. The molecule has 0 radical (unpaired) electrons. The number of H-pyrrole nitrogens is 1. The predicted octanol–water partition coefficient (Wildman–Crippen LogP) is 4.54. The Kier molecular flexibility index (Phi) is 5.85. The van der Waals surface area contributed by atoms with Crippen molar-refractivity contribution in [3.05, 3.63) is 52.6 Å². The summed E-state index contributed by atoms with van der Waals surface area (Å²) in [6.45, 7) is 8.63. The maximum absolute atomic E-state index is 4.41. The van der Waals surface area contributed by atoms with Crippen LogP contribution in [0.5, 0.6) is 0 Å². The van der Waals surface area contributed by atoms with Crippen LogP contribution in [0.1, 0.15) is 40.9 Å². The highest BCUT2D eigenvalue weighted by molar-refractivity contribution is 14.1. The molecule has 1 N–H and O–H groups in total. The second kappa shape index (κ2) is 6.92. The Labute approximate surface area is 123 Å². The van der Waals surface area contributed by atoms with Crippen LogP contribution >= 0.6 is 22.6 Å². The fraction of sp³-hybridized carbons (Fsp3) is 0.400. The second-order valence-corrected chi connectivity index (χ2v) is 4.42. The number of rotatable bonds is 2. The second-order valence-electron chi connectivity index (χ2n) is 4.42. The van der Waals surface area contributed by atoms with Gasteiger partial charge in [-0.3, -0.25) is 0 Å². The van der Waals surface area contributed by atoms with E-state index in [0.717, 1.165) is 11.4 Å². The first-order valence-electron chi connectivity index (χ1n) is 6.05. The third-order valence-electron chi connectivity index (χ3n) is 3.39. The van der Waals surface area contributed by atoms with E-state index < -0.39 is 0 Å². The maximum atomic E-state index is 4.41. The van der Waals surface area contributed by atoms with Gasteiger partial charge in [0, 0.05) is 11.6 Å². The minimum absolute atomic E-state index is 0.353.